The Hall–Kier alpha value is -2.00. The molecule has 1 heterocycles. The highest BCUT2D eigenvalue weighted by Gasteiger charge is 2.31. The average Bonchev–Trinajstić information content (AvgIpc) is 3.24. The van der Waals surface area contributed by atoms with Crippen LogP contribution >= 0.6 is 11.3 Å². The molecular weight excluding hydrogens is 438 g/mol. The van der Waals surface area contributed by atoms with E-state index in [1.165, 1.54) is 6.07 Å². The number of sulfone groups is 1. The summed E-state index contributed by atoms with van der Waals surface area (Å²) < 4.78 is 54.7. The third-order valence-electron chi connectivity index (χ3n) is 4.81. The highest BCUT2D eigenvalue weighted by molar-refractivity contribution is 7.93. The minimum Gasteiger partial charge on any atom is -0.222 e. The van der Waals surface area contributed by atoms with Gasteiger partial charge in [0, 0.05) is 6.54 Å². The maximum atomic E-state index is 13.2. The van der Waals surface area contributed by atoms with Crippen molar-refractivity contribution in [2.75, 3.05) is 6.54 Å². The van der Waals surface area contributed by atoms with Gasteiger partial charge in [-0.25, -0.2) is 21.6 Å². The van der Waals surface area contributed by atoms with Gasteiger partial charge >= 0.3 is 0 Å². The van der Waals surface area contributed by atoms with Crippen molar-refractivity contribution < 1.29 is 16.8 Å². The molecule has 0 spiro atoms. The number of hydrogen-bond donors (Lipinski definition) is 1. The highest BCUT2D eigenvalue weighted by atomic mass is 32.2. The van der Waals surface area contributed by atoms with Crippen molar-refractivity contribution in [2.24, 2.45) is 0 Å². The number of rotatable bonds is 7. The molecule has 0 saturated heterocycles. The molecule has 5 nitrogen and oxygen atoms in total. The van der Waals surface area contributed by atoms with Gasteiger partial charge in [-0.15, -0.1) is 11.3 Å². The molecule has 1 aromatic heterocycles. The molecule has 0 aliphatic heterocycles. The molecule has 0 radical (unpaired) electrons. The van der Waals surface area contributed by atoms with Crippen LogP contribution < -0.4 is 4.72 Å². The average molecular weight is 464 g/mol. The largest absolute Gasteiger partial charge is 0.240 e. The van der Waals surface area contributed by atoms with Gasteiger partial charge in [0.05, 0.1) is 4.90 Å². The molecular formula is C22H25NO4S3. The van der Waals surface area contributed by atoms with Gasteiger partial charge in [0.25, 0.3) is 0 Å². The van der Waals surface area contributed by atoms with Crippen LogP contribution in [0.25, 0.3) is 0 Å². The fourth-order valence-electron chi connectivity index (χ4n) is 3.04. The van der Waals surface area contributed by atoms with Crippen LogP contribution in [0.4, 0.5) is 0 Å². The zero-order valence-corrected chi connectivity index (χ0v) is 19.5. The number of hydrogen-bond acceptors (Lipinski definition) is 5. The first kappa shape index (κ1) is 22.7. The lowest BCUT2D eigenvalue weighted by Gasteiger charge is -2.20. The second-order valence-corrected chi connectivity index (χ2v) is 13.1. The number of sulfonamides is 1. The van der Waals surface area contributed by atoms with Crippen LogP contribution in [0.5, 0.6) is 0 Å². The maximum Gasteiger partial charge on any atom is 0.240 e. The fraction of sp³-hybridized carbons (Fsp3) is 0.273. The Morgan fingerprint density at radius 1 is 0.867 bits per heavy atom. The van der Waals surface area contributed by atoms with Crippen LogP contribution in [0, 0.1) is 0 Å². The second-order valence-electron chi connectivity index (χ2n) is 8.00. The van der Waals surface area contributed by atoms with Crippen molar-refractivity contribution in [3.05, 3.63) is 83.2 Å². The summed E-state index contributed by atoms with van der Waals surface area (Å²) in [6, 6.07) is 18.5. The Morgan fingerprint density at radius 3 is 2.03 bits per heavy atom. The van der Waals surface area contributed by atoms with E-state index in [2.05, 4.69) is 25.5 Å². The third-order valence-corrected chi connectivity index (χ3v) is 9.78. The molecule has 0 saturated carbocycles. The van der Waals surface area contributed by atoms with E-state index in [0.717, 1.165) is 16.9 Å². The summed E-state index contributed by atoms with van der Waals surface area (Å²) in [5.74, 6) is 0. The zero-order valence-electron chi connectivity index (χ0n) is 17.1. The van der Waals surface area contributed by atoms with Gasteiger partial charge in [0.2, 0.25) is 10.0 Å². The van der Waals surface area contributed by atoms with Gasteiger partial charge in [-0.2, -0.15) is 0 Å². The van der Waals surface area contributed by atoms with E-state index in [9.17, 15) is 16.8 Å². The standard InChI is InChI=1S/C22H25NO4S3/c1-22(2,3)18-11-13-19(14-12-18)30(26,27)23-16-20(17-8-5-4-6-9-17)29(24,25)21-10-7-15-28-21/h4-15,20,23H,16H2,1-3H3/t20-/m1/s1. The molecule has 160 valence electrons. The summed E-state index contributed by atoms with van der Waals surface area (Å²) in [5.41, 5.74) is 1.46. The van der Waals surface area contributed by atoms with Crippen LogP contribution in [-0.2, 0) is 25.3 Å². The van der Waals surface area contributed by atoms with Gasteiger partial charge in [-0.3, -0.25) is 0 Å². The lowest BCUT2D eigenvalue weighted by atomic mass is 9.87. The van der Waals surface area contributed by atoms with Gasteiger partial charge in [-0.1, -0.05) is 69.3 Å². The molecule has 0 unspecified atom stereocenters. The van der Waals surface area contributed by atoms with Gasteiger partial charge in [0.1, 0.15) is 9.46 Å². The summed E-state index contributed by atoms with van der Waals surface area (Å²) in [4.78, 5) is 0.107. The Morgan fingerprint density at radius 2 is 1.50 bits per heavy atom. The summed E-state index contributed by atoms with van der Waals surface area (Å²) in [7, 11) is -7.62. The van der Waals surface area contributed by atoms with E-state index >= 15 is 0 Å². The van der Waals surface area contributed by atoms with Crippen LogP contribution in [0.3, 0.4) is 0 Å². The molecule has 3 rings (SSSR count). The summed E-state index contributed by atoms with van der Waals surface area (Å²) in [6.45, 7) is 5.89. The molecule has 0 aliphatic rings. The molecule has 0 aliphatic carbocycles. The van der Waals surface area contributed by atoms with Gasteiger partial charge in [-0.05, 0) is 40.1 Å². The van der Waals surface area contributed by atoms with Crippen molar-refractivity contribution in [1.82, 2.24) is 4.72 Å². The first-order valence-electron chi connectivity index (χ1n) is 9.44. The lowest BCUT2D eigenvalue weighted by Crippen LogP contribution is -2.32. The minimum atomic E-state index is -3.87. The topological polar surface area (TPSA) is 80.3 Å². The highest BCUT2D eigenvalue weighted by Crippen LogP contribution is 2.31. The van der Waals surface area contributed by atoms with Crippen LogP contribution in [0.15, 0.2) is 81.2 Å². The third kappa shape index (κ3) is 5.00. The zero-order chi connectivity index (χ0) is 22.0. The quantitative estimate of drug-likeness (QED) is 0.558. The van der Waals surface area contributed by atoms with E-state index < -0.39 is 25.1 Å². The maximum absolute atomic E-state index is 13.2. The van der Waals surface area contributed by atoms with Crippen molar-refractivity contribution in [3.8, 4) is 0 Å². The minimum absolute atomic E-state index is 0.0943. The summed E-state index contributed by atoms with van der Waals surface area (Å²) in [5, 5.41) is 0.663. The lowest BCUT2D eigenvalue weighted by molar-refractivity contribution is 0.568. The molecule has 0 fully saturated rings. The Bertz CT molecular complexity index is 1180. The summed E-state index contributed by atoms with van der Waals surface area (Å²) in [6.07, 6.45) is 0. The van der Waals surface area contributed by atoms with E-state index in [1.807, 2.05) is 0 Å². The van der Waals surface area contributed by atoms with Crippen molar-refractivity contribution in [2.45, 2.75) is 40.5 Å². The molecule has 30 heavy (non-hydrogen) atoms. The van der Waals surface area contributed by atoms with Crippen molar-refractivity contribution >= 4 is 31.2 Å². The molecule has 8 heteroatoms. The first-order chi connectivity index (χ1) is 14.0. The summed E-state index contributed by atoms with van der Waals surface area (Å²) >= 11 is 1.12. The van der Waals surface area contributed by atoms with E-state index in [4.69, 9.17) is 0 Å². The van der Waals surface area contributed by atoms with Crippen LogP contribution in [-0.4, -0.2) is 23.4 Å². The Labute approximate surface area is 182 Å². The first-order valence-corrected chi connectivity index (χ1v) is 13.4. The van der Waals surface area contributed by atoms with Gasteiger partial charge < -0.3 is 0 Å². The van der Waals surface area contributed by atoms with Crippen molar-refractivity contribution in [3.63, 3.8) is 0 Å². The Balaban J connectivity index is 1.89. The molecule has 0 amide bonds. The smallest absolute Gasteiger partial charge is 0.222 e. The van der Waals surface area contributed by atoms with Crippen LogP contribution in [0.2, 0.25) is 0 Å². The second kappa shape index (κ2) is 8.63. The predicted octanol–water partition coefficient (Wildman–Crippen LogP) is 4.54. The molecule has 1 N–H and O–H groups in total. The van der Waals surface area contributed by atoms with E-state index in [-0.39, 0.29) is 21.1 Å². The fourth-order valence-corrected chi connectivity index (χ4v) is 7.06. The monoisotopic (exact) mass is 463 g/mol. The normalized spacial score (nSPS) is 13.8. The molecule has 3 aromatic rings. The Kier molecular flexibility index (Phi) is 6.52. The molecule has 0 bridgehead atoms. The molecule has 2 aromatic carbocycles. The SMILES string of the molecule is CC(C)(C)c1ccc(S(=O)(=O)NC[C@H](c2ccccc2)S(=O)(=O)c2cccs2)cc1. The van der Waals surface area contributed by atoms with Crippen molar-refractivity contribution in [1.29, 1.82) is 0 Å². The number of benzene rings is 2. The molecule has 1 atom stereocenters. The van der Waals surface area contributed by atoms with Crippen LogP contribution in [0.1, 0.15) is 37.1 Å². The van der Waals surface area contributed by atoms with Gasteiger partial charge in [0.15, 0.2) is 9.84 Å². The predicted molar refractivity (Wildman–Crippen MR) is 121 cm³/mol. The van der Waals surface area contributed by atoms with E-state index in [1.54, 1.807) is 66.0 Å². The van der Waals surface area contributed by atoms with E-state index in [0.29, 0.717) is 5.56 Å². The number of thiophene rings is 1. The number of nitrogens with one attached hydrogen (secondary N) is 1.